The van der Waals surface area contributed by atoms with Crippen LogP contribution in [0.15, 0.2) is 103 Å². The molecule has 0 aromatic heterocycles. The number of rotatable bonds is 5. The maximum Gasteiger partial charge on any atom is 0.0536 e. The SMILES string of the molecule is Cc1ccc(N(C)c2ccc(N(c3ccccc3)c3cccc4c3C=CCC4)cc2)cc1. The van der Waals surface area contributed by atoms with Gasteiger partial charge in [0.1, 0.15) is 0 Å². The highest BCUT2D eigenvalue weighted by atomic mass is 15.1. The van der Waals surface area contributed by atoms with Crippen molar-refractivity contribution < 1.29 is 0 Å². The van der Waals surface area contributed by atoms with Crippen molar-refractivity contribution in [1.29, 1.82) is 0 Å². The van der Waals surface area contributed by atoms with Gasteiger partial charge in [0, 0.05) is 35.4 Å². The summed E-state index contributed by atoms with van der Waals surface area (Å²) < 4.78 is 0. The first-order valence-electron chi connectivity index (χ1n) is 11.2. The number of allylic oxidation sites excluding steroid dienone is 1. The molecule has 0 bridgehead atoms. The van der Waals surface area contributed by atoms with Crippen molar-refractivity contribution in [2.24, 2.45) is 0 Å². The van der Waals surface area contributed by atoms with E-state index in [1.807, 2.05) is 0 Å². The predicted molar refractivity (Wildman–Crippen MR) is 138 cm³/mol. The molecule has 0 unspecified atom stereocenters. The van der Waals surface area contributed by atoms with Gasteiger partial charge in [-0.05, 0) is 79.9 Å². The van der Waals surface area contributed by atoms with Crippen LogP contribution in [0.3, 0.4) is 0 Å². The number of aryl methyl sites for hydroxylation is 2. The van der Waals surface area contributed by atoms with Crippen LogP contribution >= 0.6 is 0 Å². The van der Waals surface area contributed by atoms with Gasteiger partial charge in [-0.25, -0.2) is 0 Å². The Morgan fingerprint density at radius 2 is 1.25 bits per heavy atom. The summed E-state index contributed by atoms with van der Waals surface area (Å²) in [5.41, 5.74) is 9.92. The minimum atomic E-state index is 1.10. The zero-order valence-electron chi connectivity index (χ0n) is 18.7. The van der Waals surface area contributed by atoms with Gasteiger partial charge >= 0.3 is 0 Å². The van der Waals surface area contributed by atoms with Crippen molar-refractivity contribution in [2.75, 3.05) is 16.8 Å². The number of hydrogen-bond acceptors (Lipinski definition) is 2. The number of anilines is 5. The fraction of sp³-hybridized carbons (Fsp3) is 0.133. The molecule has 0 saturated heterocycles. The Balaban J connectivity index is 1.55. The van der Waals surface area contributed by atoms with Crippen LogP contribution in [0.4, 0.5) is 28.4 Å². The van der Waals surface area contributed by atoms with E-state index in [9.17, 15) is 0 Å². The van der Waals surface area contributed by atoms with E-state index in [1.54, 1.807) is 0 Å². The first-order valence-corrected chi connectivity index (χ1v) is 11.2. The standard InChI is InChI=1S/C30H28N2/c1-23-15-17-25(18-16-23)31(2)26-19-21-28(22-20-26)32(27-11-4-3-5-12-27)30-14-8-10-24-9-6-7-13-29(24)30/h3-5,7-8,10-22H,6,9H2,1-2H3. The van der Waals surface area contributed by atoms with Gasteiger partial charge in [-0.2, -0.15) is 0 Å². The van der Waals surface area contributed by atoms with E-state index in [2.05, 4.69) is 133 Å². The molecule has 1 aliphatic carbocycles. The Kier molecular flexibility index (Phi) is 5.51. The molecular formula is C30H28N2. The first-order chi connectivity index (χ1) is 15.7. The number of fused-ring (bicyclic) bond motifs is 1. The third kappa shape index (κ3) is 3.92. The van der Waals surface area contributed by atoms with E-state index in [0.29, 0.717) is 0 Å². The highest BCUT2D eigenvalue weighted by molar-refractivity contribution is 5.84. The van der Waals surface area contributed by atoms with Crippen molar-refractivity contribution in [3.8, 4) is 0 Å². The second kappa shape index (κ2) is 8.76. The fourth-order valence-electron chi connectivity index (χ4n) is 4.39. The lowest BCUT2D eigenvalue weighted by atomic mass is 9.95. The third-order valence-corrected chi connectivity index (χ3v) is 6.21. The molecule has 0 spiro atoms. The molecule has 2 nitrogen and oxygen atoms in total. The zero-order valence-corrected chi connectivity index (χ0v) is 18.7. The van der Waals surface area contributed by atoms with Gasteiger partial charge in [-0.1, -0.05) is 60.2 Å². The van der Waals surface area contributed by atoms with Crippen molar-refractivity contribution in [2.45, 2.75) is 19.8 Å². The predicted octanol–water partition coefficient (Wildman–Crippen LogP) is 8.19. The minimum Gasteiger partial charge on any atom is -0.345 e. The van der Waals surface area contributed by atoms with Crippen LogP contribution in [0.1, 0.15) is 23.1 Å². The lowest BCUT2D eigenvalue weighted by molar-refractivity contribution is 0.984. The molecular weight excluding hydrogens is 388 g/mol. The van der Waals surface area contributed by atoms with Crippen molar-refractivity contribution in [3.05, 3.63) is 120 Å². The van der Waals surface area contributed by atoms with Gasteiger partial charge < -0.3 is 9.80 Å². The van der Waals surface area contributed by atoms with E-state index in [0.717, 1.165) is 18.5 Å². The van der Waals surface area contributed by atoms with Crippen LogP contribution in [0.2, 0.25) is 0 Å². The number of nitrogens with zero attached hydrogens (tertiary/aromatic N) is 2. The van der Waals surface area contributed by atoms with Gasteiger partial charge in [-0.15, -0.1) is 0 Å². The van der Waals surface area contributed by atoms with Gasteiger partial charge in [0.25, 0.3) is 0 Å². The largest absolute Gasteiger partial charge is 0.345 e. The summed E-state index contributed by atoms with van der Waals surface area (Å²) in [6.45, 7) is 2.12. The minimum absolute atomic E-state index is 1.10. The second-order valence-corrected chi connectivity index (χ2v) is 8.37. The topological polar surface area (TPSA) is 6.48 Å². The molecule has 0 saturated carbocycles. The monoisotopic (exact) mass is 416 g/mol. The summed E-state index contributed by atoms with van der Waals surface area (Å²) in [4.78, 5) is 4.59. The maximum atomic E-state index is 2.37. The van der Waals surface area contributed by atoms with Crippen LogP contribution in [-0.4, -0.2) is 7.05 Å². The highest BCUT2D eigenvalue weighted by Crippen LogP contribution is 2.40. The maximum absolute atomic E-state index is 2.37. The van der Waals surface area contributed by atoms with E-state index in [-0.39, 0.29) is 0 Å². The Hall–Kier alpha value is -3.78. The van der Waals surface area contributed by atoms with Crippen LogP contribution in [0.5, 0.6) is 0 Å². The molecule has 4 aromatic rings. The van der Waals surface area contributed by atoms with Gasteiger partial charge in [0.15, 0.2) is 0 Å². The summed E-state index contributed by atoms with van der Waals surface area (Å²) in [5.74, 6) is 0. The third-order valence-electron chi connectivity index (χ3n) is 6.21. The van der Waals surface area contributed by atoms with E-state index in [1.165, 1.54) is 39.4 Å². The average molecular weight is 417 g/mol. The molecule has 32 heavy (non-hydrogen) atoms. The molecule has 4 aromatic carbocycles. The smallest absolute Gasteiger partial charge is 0.0536 e. The molecule has 5 rings (SSSR count). The highest BCUT2D eigenvalue weighted by Gasteiger charge is 2.18. The van der Waals surface area contributed by atoms with E-state index in [4.69, 9.17) is 0 Å². The van der Waals surface area contributed by atoms with Crippen LogP contribution < -0.4 is 9.80 Å². The molecule has 0 heterocycles. The average Bonchev–Trinajstić information content (AvgIpc) is 2.85. The Morgan fingerprint density at radius 3 is 1.97 bits per heavy atom. The first kappa shape index (κ1) is 20.1. The summed E-state index contributed by atoms with van der Waals surface area (Å²) in [7, 11) is 2.12. The molecule has 0 fully saturated rings. The van der Waals surface area contributed by atoms with Crippen LogP contribution in [0, 0.1) is 6.92 Å². The van der Waals surface area contributed by atoms with Crippen molar-refractivity contribution in [1.82, 2.24) is 0 Å². The molecule has 0 atom stereocenters. The zero-order chi connectivity index (χ0) is 21.9. The Morgan fingerprint density at radius 1 is 0.625 bits per heavy atom. The molecule has 2 heteroatoms. The summed E-state index contributed by atoms with van der Waals surface area (Å²) in [6, 6.07) is 34.8. The normalized spacial score (nSPS) is 12.3. The summed E-state index contributed by atoms with van der Waals surface area (Å²) in [5, 5.41) is 0. The molecule has 0 amide bonds. The van der Waals surface area contributed by atoms with E-state index >= 15 is 0 Å². The van der Waals surface area contributed by atoms with Crippen LogP contribution in [-0.2, 0) is 6.42 Å². The van der Waals surface area contributed by atoms with Gasteiger partial charge in [0.05, 0.1) is 5.69 Å². The Bertz CT molecular complexity index is 1220. The van der Waals surface area contributed by atoms with E-state index < -0.39 is 0 Å². The molecule has 0 N–H and O–H groups in total. The molecule has 0 aliphatic heterocycles. The lowest BCUT2D eigenvalue weighted by Crippen LogP contribution is -2.13. The van der Waals surface area contributed by atoms with Crippen molar-refractivity contribution >= 4 is 34.5 Å². The molecule has 158 valence electrons. The van der Waals surface area contributed by atoms with Crippen molar-refractivity contribution in [3.63, 3.8) is 0 Å². The van der Waals surface area contributed by atoms with Gasteiger partial charge in [0.2, 0.25) is 0 Å². The molecule has 1 aliphatic rings. The number of benzene rings is 4. The molecule has 0 radical (unpaired) electrons. The number of hydrogen-bond donors (Lipinski definition) is 0. The summed E-state index contributed by atoms with van der Waals surface area (Å²) in [6.07, 6.45) is 6.78. The lowest BCUT2D eigenvalue weighted by Gasteiger charge is -2.29. The second-order valence-electron chi connectivity index (χ2n) is 8.37. The fourth-order valence-corrected chi connectivity index (χ4v) is 4.39. The number of para-hydroxylation sites is 1. The summed E-state index contributed by atoms with van der Waals surface area (Å²) >= 11 is 0. The Labute approximate surface area is 191 Å². The van der Waals surface area contributed by atoms with Gasteiger partial charge in [-0.3, -0.25) is 0 Å². The van der Waals surface area contributed by atoms with Crippen LogP contribution in [0.25, 0.3) is 6.08 Å². The quantitative estimate of drug-likeness (QED) is 0.323.